The van der Waals surface area contributed by atoms with E-state index in [9.17, 15) is 57.8 Å². The number of amides is 9. The number of likely N-dealkylation sites (tertiary alicyclic amines) is 2. The fraction of sp³-hybridized carbons (Fsp3) is 0.676. The van der Waals surface area contributed by atoms with Crippen LogP contribution in [0.15, 0.2) is 54.6 Å². The predicted octanol–water partition coefficient (Wildman–Crippen LogP) is 7.56. The van der Waals surface area contributed by atoms with Crippen molar-refractivity contribution in [1.82, 2.24) is 36.0 Å². The number of likely N-dealkylation sites (N-methyl/N-ethyl adjacent to an activating group) is 1. The van der Waals surface area contributed by atoms with Gasteiger partial charge in [-0.05, 0) is 85.8 Å². The third-order valence-corrected chi connectivity index (χ3v) is 18.9. The molecule has 2 aromatic rings. The van der Waals surface area contributed by atoms with Crippen LogP contribution >= 0.6 is 0 Å². The molecule has 2 heterocycles. The van der Waals surface area contributed by atoms with E-state index >= 15 is 0 Å². The highest BCUT2D eigenvalue weighted by Gasteiger charge is 2.43. The Morgan fingerprint density at radius 1 is 0.734 bits per heavy atom. The molecule has 2 saturated heterocycles. The number of carbonyl (C=O) groups is 11. The van der Waals surface area contributed by atoms with Gasteiger partial charge in [-0.2, -0.15) is 0 Å². The zero-order valence-electron chi connectivity index (χ0n) is 58.2. The van der Waals surface area contributed by atoms with Gasteiger partial charge in [0.2, 0.25) is 35.4 Å². The number of urea groups is 1. The summed E-state index contributed by atoms with van der Waals surface area (Å²) < 4.78 is 17.7. The number of rotatable bonds is 41. The lowest BCUT2D eigenvalue weighted by atomic mass is 9.84. The lowest BCUT2D eigenvalue weighted by molar-refractivity contribution is -0.143. The number of hydrogen-bond acceptors (Lipinski definition) is 15. The van der Waals surface area contributed by atoms with Gasteiger partial charge in [0, 0.05) is 90.8 Å². The van der Waals surface area contributed by atoms with E-state index in [0.29, 0.717) is 74.7 Å². The molecular formula is C71H110N8O15. The maximum atomic E-state index is 14.5. The van der Waals surface area contributed by atoms with E-state index in [1.54, 1.807) is 75.9 Å². The minimum absolute atomic E-state index is 0.0282. The van der Waals surface area contributed by atoms with Crippen LogP contribution < -0.4 is 27.0 Å². The molecule has 9 amide bonds. The molecule has 23 nitrogen and oxygen atoms in total. The highest BCUT2D eigenvalue weighted by Crippen LogP contribution is 2.31. The Balaban J connectivity index is 1.35. The third kappa shape index (κ3) is 23.7. The molecule has 524 valence electrons. The Bertz CT molecular complexity index is 2830. The smallest absolute Gasteiger partial charge is 0.410 e. The van der Waals surface area contributed by atoms with Crippen molar-refractivity contribution < 1.29 is 72.1 Å². The molecule has 13 atom stereocenters. The van der Waals surface area contributed by atoms with E-state index in [-0.39, 0.29) is 129 Å². The molecular weight excluding hydrogens is 1200 g/mol. The quantitative estimate of drug-likeness (QED) is 0.0276. The maximum Gasteiger partial charge on any atom is 0.410 e. The number of ether oxygens (including phenoxy) is 3. The number of nitrogens with two attached hydrogens (primary N) is 1. The molecule has 2 aliphatic rings. The van der Waals surface area contributed by atoms with Crippen LogP contribution in [0.4, 0.5) is 9.59 Å². The normalized spacial score (nSPS) is 18.5. The second-order valence-corrected chi connectivity index (χ2v) is 27.1. The number of hydrogen-bond donors (Lipinski definition) is 6. The number of imide groups is 1. The predicted molar refractivity (Wildman–Crippen MR) is 356 cm³/mol. The summed E-state index contributed by atoms with van der Waals surface area (Å²) in [5.41, 5.74) is 7.14. The monoisotopic (exact) mass is 1310 g/mol. The van der Waals surface area contributed by atoms with Crippen molar-refractivity contribution in [3.63, 3.8) is 0 Å². The van der Waals surface area contributed by atoms with Crippen molar-refractivity contribution >= 4 is 64.9 Å². The van der Waals surface area contributed by atoms with Crippen LogP contribution in [-0.2, 0) is 70.4 Å². The first-order valence-corrected chi connectivity index (χ1v) is 33.9. The zero-order valence-corrected chi connectivity index (χ0v) is 58.2. The molecule has 7 N–H and O–H groups in total. The molecule has 2 fully saturated rings. The van der Waals surface area contributed by atoms with Crippen LogP contribution in [0.5, 0.6) is 0 Å². The van der Waals surface area contributed by atoms with Gasteiger partial charge < -0.3 is 56.1 Å². The lowest BCUT2D eigenvalue weighted by Gasteiger charge is -2.37. The number of nitrogens with one attached hydrogen (secondary N) is 4. The Kier molecular flexibility index (Phi) is 33.0. The summed E-state index contributed by atoms with van der Waals surface area (Å²) in [6.45, 7) is 20.9. The van der Waals surface area contributed by atoms with E-state index in [4.69, 9.17) is 19.9 Å². The van der Waals surface area contributed by atoms with E-state index in [0.717, 1.165) is 0 Å². The summed E-state index contributed by atoms with van der Waals surface area (Å²) in [6.07, 6.45) is 1.12. The molecule has 94 heavy (non-hydrogen) atoms. The van der Waals surface area contributed by atoms with Crippen LogP contribution in [-0.4, -0.2) is 168 Å². The topological polar surface area (TPSA) is 320 Å². The van der Waals surface area contributed by atoms with Crippen molar-refractivity contribution in [3.05, 3.63) is 71.3 Å². The number of carbonyl (C=O) groups excluding carboxylic acids is 11. The minimum atomic E-state index is -0.961. The highest BCUT2D eigenvalue weighted by atomic mass is 16.6. The number of aliphatic hydroxyl groups is 1. The summed E-state index contributed by atoms with van der Waals surface area (Å²) in [5.74, 6) is -6.08. The van der Waals surface area contributed by atoms with Gasteiger partial charge in [-0.25, -0.2) is 9.59 Å². The molecule has 0 radical (unpaired) electrons. The van der Waals surface area contributed by atoms with Gasteiger partial charge in [0.05, 0.1) is 60.9 Å². The number of Topliss-reactive ketones (excluding diaryl/α,β-unsaturated/α-hetero) is 3. The fourth-order valence-electron chi connectivity index (χ4n) is 12.8. The van der Waals surface area contributed by atoms with Gasteiger partial charge in [-0.1, -0.05) is 137 Å². The first kappa shape index (κ1) is 79.3. The lowest BCUT2D eigenvalue weighted by Crippen LogP contribution is -2.54. The molecule has 0 bridgehead atoms. The standard InChI is InChI=1S/C71H110N8O15/c1-15-45(8)62(59(92-13)40-61(84)78-35-23-28-56(78)65(93-14)47(10)66(86)74-48(11)64(85)51-24-18-16-19-25-51)76-68(88)54(43(4)5)39-58(82)63(44(6)7)77(12)71(91)94-41-50-31-29-49(30-32-50)37-57(81)55(27-22-33-73-70(72)90)75-67(87)53(42(2)3)38-52(80)26-20-17-21-34-79-60(83)36-46(9)69(79)89/h16,18-19,24-25,29-32,42-48,53-56,59,62-65,85H,15,17,20-23,26-28,33-41H2,1-14H3,(H,74,86)(H,75,87)(H,76,88)(H3,72,73,90)/t45-,46?,47+,48+,53-,54-,55-,56-,59+,62-,63-,64+,65+/m0/s1. The SMILES string of the molecule is CC[C@H](C)[C@H](NC(=O)[C@@H](CC(=O)[C@H](C(C)C)N(C)C(=O)OCc1ccc(CC(=O)[C@H](CCCNC(N)=O)NC(=O)[C@@H](CC(=O)CCCCCN2C(=O)CC(C)C2=O)C(C)C)cc1)C(C)C)[C@@H](CC(=O)N1CCC[C@H]1[C@H](OC)[C@@H](C)C(=O)N[C@H](C)[C@@H](O)c1ccccc1)OC. The molecule has 2 aromatic carbocycles. The summed E-state index contributed by atoms with van der Waals surface area (Å²) in [4.78, 5) is 152. The zero-order chi connectivity index (χ0) is 70.1. The van der Waals surface area contributed by atoms with Crippen LogP contribution in [0.3, 0.4) is 0 Å². The molecule has 0 aromatic heterocycles. The van der Waals surface area contributed by atoms with Crippen molar-refractivity contribution in [3.8, 4) is 0 Å². The molecule has 4 rings (SSSR count). The molecule has 0 aliphatic carbocycles. The molecule has 1 unspecified atom stereocenters. The highest BCUT2D eigenvalue weighted by molar-refractivity contribution is 6.03. The Morgan fingerprint density at radius 3 is 1.94 bits per heavy atom. The minimum Gasteiger partial charge on any atom is -0.445 e. The Hall–Kier alpha value is -7.11. The van der Waals surface area contributed by atoms with Gasteiger partial charge in [-0.3, -0.25) is 48.1 Å². The van der Waals surface area contributed by atoms with Gasteiger partial charge in [0.15, 0.2) is 11.6 Å². The van der Waals surface area contributed by atoms with E-state index < -0.39 is 90.2 Å². The van der Waals surface area contributed by atoms with Gasteiger partial charge in [-0.15, -0.1) is 0 Å². The third-order valence-electron chi connectivity index (χ3n) is 18.9. The Labute approximate surface area is 557 Å². The molecule has 0 spiro atoms. The average Bonchev–Trinajstić information content (AvgIpc) is 1.57. The molecule has 2 aliphatic heterocycles. The van der Waals surface area contributed by atoms with Crippen molar-refractivity contribution in [2.75, 3.05) is 40.9 Å². The maximum absolute atomic E-state index is 14.5. The number of methoxy groups -OCH3 is 2. The summed E-state index contributed by atoms with van der Waals surface area (Å²) >= 11 is 0. The number of benzene rings is 2. The first-order valence-electron chi connectivity index (χ1n) is 33.9. The van der Waals surface area contributed by atoms with Crippen LogP contribution in [0.25, 0.3) is 0 Å². The largest absolute Gasteiger partial charge is 0.445 e. The van der Waals surface area contributed by atoms with Crippen molar-refractivity contribution in [1.29, 1.82) is 0 Å². The average molecular weight is 1320 g/mol. The van der Waals surface area contributed by atoms with Gasteiger partial charge in [0.1, 0.15) is 12.4 Å². The number of aliphatic hydroxyl groups excluding tert-OH is 1. The van der Waals surface area contributed by atoms with Gasteiger partial charge >= 0.3 is 12.1 Å². The number of primary amides is 1. The summed E-state index contributed by atoms with van der Waals surface area (Å²) in [5, 5.41) is 22.5. The summed E-state index contributed by atoms with van der Waals surface area (Å²) in [6, 6.07) is 11.6. The van der Waals surface area contributed by atoms with Gasteiger partial charge in [0.25, 0.3) is 0 Å². The van der Waals surface area contributed by atoms with Crippen LogP contribution in [0.1, 0.15) is 182 Å². The number of unbranched alkanes of at least 4 members (excludes halogenated alkanes) is 2. The van der Waals surface area contributed by atoms with Crippen LogP contribution in [0.2, 0.25) is 0 Å². The van der Waals surface area contributed by atoms with Crippen LogP contribution in [0, 0.1) is 47.3 Å². The fourth-order valence-corrected chi connectivity index (χ4v) is 12.8. The molecule has 23 heteroatoms. The van der Waals surface area contributed by atoms with Crippen molar-refractivity contribution in [2.45, 2.75) is 221 Å². The second kappa shape index (κ2) is 39.1. The van der Waals surface area contributed by atoms with E-state index in [1.165, 1.54) is 31.1 Å². The Morgan fingerprint density at radius 2 is 1.36 bits per heavy atom. The second-order valence-electron chi connectivity index (χ2n) is 27.1. The van der Waals surface area contributed by atoms with E-state index in [1.807, 2.05) is 59.7 Å². The number of ketones is 3. The summed E-state index contributed by atoms with van der Waals surface area (Å²) in [7, 11) is 4.50. The first-order chi connectivity index (χ1) is 44.4. The number of nitrogens with zero attached hydrogens (tertiary/aromatic N) is 3. The van der Waals surface area contributed by atoms with E-state index in [2.05, 4.69) is 21.3 Å². The molecule has 0 saturated carbocycles. The van der Waals surface area contributed by atoms with Crippen molar-refractivity contribution in [2.24, 2.45) is 53.1 Å².